The fraction of sp³-hybridized carbons (Fsp3) is 0.900. The molecule has 0 rings (SSSR count). The van der Waals surface area contributed by atoms with Crippen LogP contribution in [0.4, 0.5) is 0 Å². The summed E-state index contributed by atoms with van der Waals surface area (Å²) in [6.07, 6.45) is 1.73. The zero-order valence-corrected chi connectivity index (χ0v) is 8.82. The third-order valence-corrected chi connectivity index (χ3v) is 1.23. The minimum atomic E-state index is 0.296. The van der Waals surface area contributed by atoms with Crippen molar-refractivity contribution >= 4 is 5.78 Å². The molecule has 0 spiro atoms. The van der Waals surface area contributed by atoms with Gasteiger partial charge < -0.3 is 4.79 Å². The average Bonchev–Trinajstić information content (AvgIpc) is 1.87. The predicted molar refractivity (Wildman–Crippen MR) is 50.7 cm³/mol. The molecular weight excluding hydrogens is 136 g/mol. The van der Waals surface area contributed by atoms with Gasteiger partial charge in [0, 0.05) is 6.42 Å². The van der Waals surface area contributed by atoms with E-state index in [1.165, 1.54) is 0 Å². The van der Waals surface area contributed by atoms with Crippen molar-refractivity contribution in [1.82, 2.24) is 0 Å². The molecule has 0 saturated carbocycles. The summed E-state index contributed by atoms with van der Waals surface area (Å²) in [5.74, 6) is 0.296. The first-order valence-corrected chi connectivity index (χ1v) is 4.41. The molecule has 0 radical (unpaired) electrons. The summed E-state index contributed by atoms with van der Waals surface area (Å²) < 4.78 is 0. The number of ketones is 1. The molecule has 0 aromatic carbocycles. The smallest absolute Gasteiger partial charge is 0.129 e. The van der Waals surface area contributed by atoms with Crippen LogP contribution < -0.4 is 0 Å². The lowest BCUT2D eigenvalue weighted by Crippen LogP contribution is -2.06. The van der Waals surface area contributed by atoms with Crippen molar-refractivity contribution in [3.63, 3.8) is 0 Å². The first-order valence-electron chi connectivity index (χ1n) is 4.41. The van der Waals surface area contributed by atoms with Gasteiger partial charge in [-0.05, 0) is 18.8 Å². The summed E-state index contributed by atoms with van der Waals surface area (Å²) in [5.41, 5.74) is 0.311. The standard InChI is InChI=1S/C8H16O.C2H6/c1-7(9)5-6-8(2,3)4;1-2/h5-6H2,1-4H3;1-2H3. The third-order valence-electron chi connectivity index (χ3n) is 1.23. The Hall–Kier alpha value is -0.330. The third kappa shape index (κ3) is 17.7. The molecule has 11 heavy (non-hydrogen) atoms. The molecule has 1 heteroatoms. The fourth-order valence-electron chi connectivity index (χ4n) is 0.551. The minimum absolute atomic E-state index is 0.296. The molecule has 1 nitrogen and oxygen atoms in total. The van der Waals surface area contributed by atoms with Crippen molar-refractivity contribution in [2.75, 3.05) is 0 Å². The van der Waals surface area contributed by atoms with Crippen LogP contribution in [0.15, 0.2) is 0 Å². The van der Waals surface area contributed by atoms with Gasteiger partial charge in [0.2, 0.25) is 0 Å². The Kier molecular flexibility index (Phi) is 7.70. The van der Waals surface area contributed by atoms with Crippen LogP contribution in [0.2, 0.25) is 0 Å². The highest BCUT2D eigenvalue weighted by Crippen LogP contribution is 2.20. The molecule has 0 aliphatic heterocycles. The molecule has 0 fully saturated rings. The van der Waals surface area contributed by atoms with E-state index in [4.69, 9.17) is 0 Å². The summed E-state index contributed by atoms with van der Waals surface area (Å²) in [5, 5.41) is 0. The first kappa shape index (κ1) is 13.3. The Balaban J connectivity index is 0. The lowest BCUT2D eigenvalue weighted by atomic mass is 9.90. The summed E-state index contributed by atoms with van der Waals surface area (Å²) in [6, 6.07) is 0. The van der Waals surface area contributed by atoms with E-state index in [1.807, 2.05) is 13.8 Å². The van der Waals surface area contributed by atoms with Gasteiger partial charge >= 0.3 is 0 Å². The quantitative estimate of drug-likeness (QED) is 0.601. The van der Waals surface area contributed by atoms with Gasteiger partial charge in [0.05, 0.1) is 0 Å². The first-order chi connectivity index (χ1) is 4.92. The van der Waals surface area contributed by atoms with Crippen molar-refractivity contribution < 1.29 is 4.79 Å². The predicted octanol–water partition coefficient (Wildman–Crippen LogP) is 3.43. The summed E-state index contributed by atoms with van der Waals surface area (Å²) in [7, 11) is 0. The summed E-state index contributed by atoms with van der Waals surface area (Å²) >= 11 is 0. The van der Waals surface area contributed by atoms with Crippen molar-refractivity contribution in [3.05, 3.63) is 0 Å². The van der Waals surface area contributed by atoms with Crippen LogP contribution in [0.1, 0.15) is 54.4 Å². The molecular formula is C10H22O. The normalized spacial score (nSPS) is 10.0. The van der Waals surface area contributed by atoms with Crippen molar-refractivity contribution in [3.8, 4) is 0 Å². The number of hydrogen-bond acceptors (Lipinski definition) is 1. The molecule has 0 aliphatic carbocycles. The zero-order valence-electron chi connectivity index (χ0n) is 8.82. The largest absolute Gasteiger partial charge is 0.300 e. The SMILES string of the molecule is CC.CC(=O)CCC(C)(C)C. The molecule has 0 N–H and O–H groups in total. The highest BCUT2D eigenvalue weighted by Gasteiger charge is 2.09. The maximum absolute atomic E-state index is 10.5. The molecule has 0 atom stereocenters. The molecule has 0 bridgehead atoms. The Morgan fingerprint density at radius 3 is 1.64 bits per heavy atom. The molecule has 0 saturated heterocycles. The van der Waals surface area contributed by atoms with E-state index in [0.717, 1.165) is 12.8 Å². The Morgan fingerprint density at radius 1 is 1.18 bits per heavy atom. The van der Waals surface area contributed by atoms with Crippen LogP contribution in [0.25, 0.3) is 0 Å². The van der Waals surface area contributed by atoms with Crippen molar-refractivity contribution in [1.29, 1.82) is 0 Å². The highest BCUT2D eigenvalue weighted by atomic mass is 16.1. The number of Topliss-reactive ketones (excluding diaryl/α,β-unsaturated/α-hetero) is 1. The average molecular weight is 158 g/mol. The van der Waals surface area contributed by atoms with Crippen LogP contribution in [-0.2, 0) is 4.79 Å². The van der Waals surface area contributed by atoms with Gasteiger partial charge in [0.1, 0.15) is 5.78 Å². The van der Waals surface area contributed by atoms with Gasteiger partial charge in [0.15, 0.2) is 0 Å². The van der Waals surface area contributed by atoms with Crippen LogP contribution >= 0.6 is 0 Å². The van der Waals surface area contributed by atoms with Crippen LogP contribution in [0, 0.1) is 5.41 Å². The monoisotopic (exact) mass is 158 g/mol. The lowest BCUT2D eigenvalue weighted by Gasteiger charge is -2.15. The number of hydrogen-bond donors (Lipinski definition) is 0. The summed E-state index contributed by atoms with van der Waals surface area (Å²) in [4.78, 5) is 10.5. The van der Waals surface area contributed by atoms with E-state index in [0.29, 0.717) is 11.2 Å². The molecule has 0 aromatic rings. The Labute approximate surface area is 71.2 Å². The summed E-state index contributed by atoms with van der Waals surface area (Å²) in [6.45, 7) is 12.1. The maximum Gasteiger partial charge on any atom is 0.129 e. The second-order valence-electron chi connectivity index (χ2n) is 3.76. The van der Waals surface area contributed by atoms with E-state index in [2.05, 4.69) is 20.8 Å². The number of carbonyl (C=O) groups is 1. The van der Waals surface area contributed by atoms with Gasteiger partial charge in [-0.25, -0.2) is 0 Å². The molecule has 68 valence electrons. The molecule has 0 unspecified atom stereocenters. The van der Waals surface area contributed by atoms with E-state index in [1.54, 1.807) is 6.92 Å². The van der Waals surface area contributed by atoms with E-state index in [-0.39, 0.29) is 0 Å². The van der Waals surface area contributed by atoms with Gasteiger partial charge in [-0.2, -0.15) is 0 Å². The van der Waals surface area contributed by atoms with Crippen LogP contribution in [0.5, 0.6) is 0 Å². The number of carbonyl (C=O) groups excluding carboxylic acids is 1. The van der Waals surface area contributed by atoms with Crippen LogP contribution in [-0.4, -0.2) is 5.78 Å². The molecule has 0 amide bonds. The van der Waals surface area contributed by atoms with Crippen LogP contribution in [0.3, 0.4) is 0 Å². The minimum Gasteiger partial charge on any atom is -0.300 e. The topological polar surface area (TPSA) is 17.1 Å². The maximum atomic E-state index is 10.5. The highest BCUT2D eigenvalue weighted by molar-refractivity contribution is 5.75. The molecule has 0 aromatic heterocycles. The van der Waals surface area contributed by atoms with E-state index in [9.17, 15) is 4.79 Å². The van der Waals surface area contributed by atoms with Gasteiger partial charge in [-0.15, -0.1) is 0 Å². The molecule has 0 heterocycles. The van der Waals surface area contributed by atoms with E-state index < -0.39 is 0 Å². The Bertz CT molecular complexity index is 97.9. The number of rotatable bonds is 2. The van der Waals surface area contributed by atoms with Crippen molar-refractivity contribution in [2.24, 2.45) is 5.41 Å². The van der Waals surface area contributed by atoms with Gasteiger partial charge in [-0.3, -0.25) is 0 Å². The Morgan fingerprint density at radius 2 is 1.55 bits per heavy atom. The second-order valence-corrected chi connectivity index (χ2v) is 3.76. The second kappa shape index (κ2) is 6.38. The lowest BCUT2D eigenvalue weighted by molar-refractivity contribution is -0.117. The van der Waals surface area contributed by atoms with Gasteiger partial charge in [0.25, 0.3) is 0 Å². The fourth-order valence-corrected chi connectivity index (χ4v) is 0.551. The molecule has 0 aliphatic rings. The van der Waals surface area contributed by atoms with Gasteiger partial charge in [-0.1, -0.05) is 34.6 Å². The zero-order chi connectivity index (χ0) is 9.49. The van der Waals surface area contributed by atoms with E-state index >= 15 is 0 Å². The van der Waals surface area contributed by atoms with Crippen molar-refractivity contribution in [2.45, 2.75) is 54.4 Å².